The number of methoxy groups -OCH3 is 1. The fourth-order valence-corrected chi connectivity index (χ4v) is 7.29. The zero-order valence-corrected chi connectivity index (χ0v) is 21.6. The molecule has 1 aromatic rings. The molecule has 1 unspecified atom stereocenters. The van der Waals surface area contributed by atoms with Gasteiger partial charge in [0.25, 0.3) is 0 Å². The SMILES string of the molecule is COCCN1CCN(C(=O)OC[C@H]2CCC[C@@H](C3CC3)N2S(=O)(=O)c2ccc(Cl)cc2)C(C)C1. The third-order valence-electron chi connectivity index (χ3n) is 7.24. The van der Waals surface area contributed by atoms with Crippen molar-refractivity contribution in [2.24, 2.45) is 5.92 Å². The lowest BCUT2D eigenvalue weighted by Crippen LogP contribution is -2.56. The van der Waals surface area contributed by atoms with Crippen molar-refractivity contribution in [1.82, 2.24) is 14.1 Å². The van der Waals surface area contributed by atoms with Crippen molar-refractivity contribution >= 4 is 27.7 Å². The molecule has 4 rings (SSSR count). The zero-order chi connectivity index (χ0) is 24.3. The van der Waals surface area contributed by atoms with Crippen molar-refractivity contribution in [2.45, 2.75) is 62.0 Å². The third kappa shape index (κ3) is 5.87. The van der Waals surface area contributed by atoms with E-state index in [-0.39, 0.29) is 35.7 Å². The first kappa shape index (κ1) is 25.7. The Hall–Kier alpha value is -1.39. The van der Waals surface area contributed by atoms with E-state index >= 15 is 0 Å². The topological polar surface area (TPSA) is 79.4 Å². The minimum absolute atomic E-state index is 0.0255. The van der Waals surface area contributed by atoms with Gasteiger partial charge in [-0.15, -0.1) is 0 Å². The number of carbonyl (C=O) groups excluding carboxylic acids is 1. The Morgan fingerprint density at radius 2 is 1.85 bits per heavy atom. The Morgan fingerprint density at radius 1 is 1.12 bits per heavy atom. The van der Waals surface area contributed by atoms with E-state index in [4.69, 9.17) is 21.1 Å². The van der Waals surface area contributed by atoms with Crippen LogP contribution >= 0.6 is 11.6 Å². The Bertz CT molecular complexity index is 940. The van der Waals surface area contributed by atoms with E-state index in [1.54, 1.807) is 40.6 Å². The largest absolute Gasteiger partial charge is 0.448 e. The fraction of sp³-hybridized carbons (Fsp3) is 0.708. The predicted molar refractivity (Wildman–Crippen MR) is 130 cm³/mol. The number of amides is 1. The number of ether oxygens (including phenoxy) is 2. The first-order valence-electron chi connectivity index (χ1n) is 12.2. The van der Waals surface area contributed by atoms with Gasteiger partial charge in [-0.1, -0.05) is 18.0 Å². The molecule has 34 heavy (non-hydrogen) atoms. The molecule has 0 N–H and O–H groups in total. The van der Waals surface area contributed by atoms with Gasteiger partial charge in [0.05, 0.1) is 17.5 Å². The molecule has 2 saturated heterocycles. The van der Waals surface area contributed by atoms with E-state index in [0.717, 1.165) is 45.3 Å². The molecule has 1 saturated carbocycles. The number of piperidine rings is 1. The van der Waals surface area contributed by atoms with Gasteiger partial charge in [0.15, 0.2) is 0 Å². The average Bonchev–Trinajstić information content (AvgIpc) is 3.67. The molecule has 190 valence electrons. The quantitative estimate of drug-likeness (QED) is 0.529. The summed E-state index contributed by atoms with van der Waals surface area (Å²) >= 11 is 5.99. The van der Waals surface area contributed by atoms with Gasteiger partial charge in [-0.2, -0.15) is 4.31 Å². The molecule has 0 bridgehead atoms. The second-order valence-electron chi connectivity index (χ2n) is 9.69. The van der Waals surface area contributed by atoms with Crippen LogP contribution in [0.5, 0.6) is 0 Å². The molecule has 0 radical (unpaired) electrons. The predicted octanol–water partition coefficient (Wildman–Crippen LogP) is 3.45. The normalized spacial score (nSPS) is 27.0. The molecule has 1 aliphatic carbocycles. The van der Waals surface area contributed by atoms with E-state index in [9.17, 15) is 13.2 Å². The number of piperazine rings is 1. The lowest BCUT2D eigenvalue weighted by atomic mass is 9.96. The number of sulfonamides is 1. The molecule has 8 nitrogen and oxygen atoms in total. The van der Waals surface area contributed by atoms with Crippen LogP contribution in [0.4, 0.5) is 4.79 Å². The maximum absolute atomic E-state index is 13.7. The smallest absolute Gasteiger partial charge is 0.410 e. The monoisotopic (exact) mass is 513 g/mol. The van der Waals surface area contributed by atoms with Crippen molar-refractivity contribution in [2.75, 3.05) is 46.5 Å². The van der Waals surface area contributed by atoms with Crippen molar-refractivity contribution in [1.29, 1.82) is 0 Å². The van der Waals surface area contributed by atoms with Gasteiger partial charge in [0, 0.05) is 50.4 Å². The summed E-state index contributed by atoms with van der Waals surface area (Å²) in [6.07, 6.45) is 4.20. The summed E-state index contributed by atoms with van der Waals surface area (Å²) in [6.45, 7) is 5.72. The van der Waals surface area contributed by atoms with Crippen molar-refractivity contribution in [3.05, 3.63) is 29.3 Å². The van der Waals surface area contributed by atoms with Crippen molar-refractivity contribution < 1.29 is 22.7 Å². The van der Waals surface area contributed by atoms with Crippen LogP contribution in [0.3, 0.4) is 0 Å². The lowest BCUT2D eigenvalue weighted by molar-refractivity contribution is 0.0266. The highest BCUT2D eigenvalue weighted by Crippen LogP contribution is 2.43. The molecule has 3 aliphatic rings. The molecule has 0 aromatic heterocycles. The van der Waals surface area contributed by atoms with E-state index in [1.807, 2.05) is 6.92 Å². The van der Waals surface area contributed by atoms with Crippen LogP contribution in [0.1, 0.15) is 39.0 Å². The van der Waals surface area contributed by atoms with Crippen LogP contribution in [0, 0.1) is 5.92 Å². The number of hydrogen-bond donors (Lipinski definition) is 0. The first-order chi connectivity index (χ1) is 16.3. The van der Waals surface area contributed by atoms with Gasteiger partial charge in [-0.05, 0) is 62.8 Å². The summed E-state index contributed by atoms with van der Waals surface area (Å²) in [5, 5.41) is 0.498. The van der Waals surface area contributed by atoms with Crippen molar-refractivity contribution in [3.8, 4) is 0 Å². The zero-order valence-electron chi connectivity index (χ0n) is 20.1. The highest BCUT2D eigenvalue weighted by molar-refractivity contribution is 7.89. The number of nitrogens with zero attached hydrogens (tertiary/aromatic N) is 3. The Morgan fingerprint density at radius 3 is 2.50 bits per heavy atom. The summed E-state index contributed by atoms with van der Waals surface area (Å²) in [4.78, 5) is 17.2. The van der Waals surface area contributed by atoms with Crippen LogP contribution in [0.15, 0.2) is 29.2 Å². The minimum atomic E-state index is -3.73. The summed E-state index contributed by atoms with van der Waals surface area (Å²) in [5.74, 6) is 0.390. The third-order valence-corrected chi connectivity index (χ3v) is 9.48. The highest BCUT2D eigenvalue weighted by atomic mass is 35.5. The Kier molecular flexibility index (Phi) is 8.40. The standard InChI is InChI=1S/C24H36ClN3O5S/c1-18-16-26(14-15-32-2)12-13-27(18)24(29)33-17-21-4-3-5-23(19-6-7-19)28(21)34(30,31)22-10-8-20(25)9-11-22/h8-11,18-19,21,23H,3-7,12-17H2,1-2H3/t18?,21-,23+/m1/s1. The lowest BCUT2D eigenvalue weighted by Gasteiger charge is -2.42. The number of halogens is 1. The molecule has 3 atom stereocenters. The molecule has 3 fully saturated rings. The van der Waals surface area contributed by atoms with Gasteiger partial charge >= 0.3 is 6.09 Å². The Balaban J connectivity index is 1.43. The fourth-order valence-electron chi connectivity index (χ4n) is 5.25. The second kappa shape index (κ2) is 11.1. The number of hydrogen-bond acceptors (Lipinski definition) is 6. The summed E-state index contributed by atoms with van der Waals surface area (Å²) < 4.78 is 39.9. The maximum Gasteiger partial charge on any atom is 0.410 e. The van der Waals surface area contributed by atoms with E-state index in [0.29, 0.717) is 30.5 Å². The van der Waals surface area contributed by atoms with E-state index in [2.05, 4.69) is 4.90 Å². The second-order valence-corrected chi connectivity index (χ2v) is 12.0. The van der Waals surface area contributed by atoms with Crippen LogP contribution in [0.2, 0.25) is 5.02 Å². The molecular weight excluding hydrogens is 478 g/mol. The number of carbonyl (C=O) groups is 1. The number of benzene rings is 1. The van der Waals surface area contributed by atoms with Crippen molar-refractivity contribution in [3.63, 3.8) is 0 Å². The molecule has 1 amide bonds. The molecule has 10 heteroatoms. The molecule has 0 spiro atoms. The van der Waals surface area contributed by atoms with Gasteiger partial charge < -0.3 is 14.4 Å². The summed E-state index contributed by atoms with van der Waals surface area (Å²) in [6, 6.07) is 5.95. The highest BCUT2D eigenvalue weighted by Gasteiger charge is 2.46. The van der Waals surface area contributed by atoms with Gasteiger partial charge in [0.2, 0.25) is 10.0 Å². The molecule has 2 heterocycles. The summed E-state index contributed by atoms with van der Waals surface area (Å²) in [7, 11) is -2.04. The molecule has 1 aromatic carbocycles. The molecule has 2 aliphatic heterocycles. The average molecular weight is 514 g/mol. The van der Waals surface area contributed by atoms with E-state index in [1.165, 1.54) is 0 Å². The van der Waals surface area contributed by atoms with Crippen LogP contribution in [0.25, 0.3) is 0 Å². The number of rotatable bonds is 8. The molecular formula is C24H36ClN3O5S. The summed E-state index contributed by atoms with van der Waals surface area (Å²) in [5.41, 5.74) is 0. The minimum Gasteiger partial charge on any atom is -0.448 e. The van der Waals surface area contributed by atoms with Gasteiger partial charge in [0.1, 0.15) is 6.61 Å². The first-order valence-corrected chi connectivity index (χ1v) is 14.1. The van der Waals surface area contributed by atoms with Gasteiger partial charge in [-0.3, -0.25) is 4.90 Å². The Labute approximate surface area is 208 Å². The van der Waals surface area contributed by atoms with Crippen LogP contribution < -0.4 is 0 Å². The van der Waals surface area contributed by atoms with E-state index < -0.39 is 10.0 Å². The van der Waals surface area contributed by atoms with Gasteiger partial charge in [-0.25, -0.2) is 13.2 Å². The van der Waals surface area contributed by atoms with Crippen LogP contribution in [-0.2, 0) is 19.5 Å². The van der Waals surface area contributed by atoms with Crippen LogP contribution in [-0.4, -0.2) is 93.2 Å². The maximum atomic E-state index is 13.7.